The van der Waals surface area contributed by atoms with Gasteiger partial charge in [-0.2, -0.15) is 5.10 Å². The van der Waals surface area contributed by atoms with Crippen LogP contribution >= 0.6 is 0 Å². The molecule has 0 unspecified atom stereocenters. The molecule has 1 amide bonds. The fourth-order valence-corrected chi connectivity index (χ4v) is 2.08. The summed E-state index contributed by atoms with van der Waals surface area (Å²) in [6, 6.07) is 5.45. The molecule has 0 spiro atoms. The van der Waals surface area contributed by atoms with Gasteiger partial charge >= 0.3 is 0 Å². The van der Waals surface area contributed by atoms with Crippen LogP contribution in [-0.2, 0) is 4.79 Å². The van der Waals surface area contributed by atoms with Crippen molar-refractivity contribution in [1.82, 2.24) is 20.1 Å². The van der Waals surface area contributed by atoms with Gasteiger partial charge in [0.2, 0.25) is 5.91 Å². The molecule has 21 heavy (non-hydrogen) atoms. The topological polar surface area (TPSA) is 71.8 Å². The van der Waals surface area contributed by atoms with Crippen LogP contribution in [0.4, 0.5) is 5.69 Å². The van der Waals surface area contributed by atoms with Crippen molar-refractivity contribution in [1.29, 1.82) is 0 Å². The van der Waals surface area contributed by atoms with Gasteiger partial charge < -0.3 is 10.6 Å². The Morgan fingerprint density at radius 2 is 2.24 bits per heavy atom. The summed E-state index contributed by atoms with van der Waals surface area (Å²) in [7, 11) is 0. The van der Waals surface area contributed by atoms with Gasteiger partial charge in [0.15, 0.2) is 0 Å². The lowest BCUT2D eigenvalue weighted by atomic mass is 10.2. The minimum atomic E-state index is -0.230. The molecule has 0 bridgehead atoms. The Morgan fingerprint density at radius 3 is 2.90 bits per heavy atom. The van der Waals surface area contributed by atoms with Crippen molar-refractivity contribution < 1.29 is 4.79 Å². The van der Waals surface area contributed by atoms with Crippen LogP contribution in [0.25, 0.3) is 0 Å². The Labute approximate surface area is 124 Å². The number of hydrogen-bond donors (Lipinski definition) is 2. The molecule has 2 aromatic rings. The first-order valence-corrected chi connectivity index (χ1v) is 7.22. The number of anilines is 1. The highest BCUT2D eigenvalue weighted by Crippen LogP contribution is 2.09. The van der Waals surface area contributed by atoms with E-state index in [1.54, 1.807) is 23.3 Å². The number of amides is 1. The highest BCUT2D eigenvalue weighted by molar-refractivity contribution is 5.80. The smallest absolute Gasteiger partial charge is 0.244 e. The van der Waals surface area contributed by atoms with Crippen LogP contribution in [0.15, 0.2) is 43.0 Å². The van der Waals surface area contributed by atoms with Crippen molar-refractivity contribution in [3.8, 4) is 0 Å². The van der Waals surface area contributed by atoms with Crippen molar-refractivity contribution in [2.75, 3.05) is 18.4 Å². The summed E-state index contributed by atoms with van der Waals surface area (Å²) < 4.78 is 1.70. The SMILES string of the molecule is CC[C@@H](C(=O)NCCCNc1cccnc1)n1cccn1. The van der Waals surface area contributed by atoms with E-state index in [9.17, 15) is 4.79 Å². The Hall–Kier alpha value is -2.37. The van der Waals surface area contributed by atoms with Gasteiger partial charge in [-0.3, -0.25) is 14.5 Å². The maximum atomic E-state index is 12.1. The van der Waals surface area contributed by atoms with E-state index in [0.717, 1.165) is 25.1 Å². The molecule has 0 saturated heterocycles. The van der Waals surface area contributed by atoms with Crippen LogP contribution in [-0.4, -0.2) is 33.8 Å². The van der Waals surface area contributed by atoms with Gasteiger partial charge in [0.25, 0.3) is 0 Å². The fraction of sp³-hybridized carbons (Fsp3) is 0.400. The van der Waals surface area contributed by atoms with E-state index in [0.29, 0.717) is 6.54 Å². The molecule has 0 radical (unpaired) electrons. The standard InChI is InChI=1S/C15H21N5O/c1-2-14(20-11-5-10-19-20)15(21)18-9-4-8-17-13-6-3-7-16-12-13/h3,5-7,10-12,14,17H,2,4,8-9H2,1H3,(H,18,21)/t14-/m0/s1. The molecular weight excluding hydrogens is 266 g/mol. The van der Waals surface area contributed by atoms with Crippen molar-refractivity contribution in [2.45, 2.75) is 25.8 Å². The third-order valence-corrected chi connectivity index (χ3v) is 3.18. The first-order chi connectivity index (χ1) is 10.3. The molecule has 2 rings (SSSR count). The Kier molecular flexibility index (Phi) is 5.75. The Morgan fingerprint density at radius 1 is 1.33 bits per heavy atom. The summed E-state index contributed by atoms with van der Waals surface area (Å²) in [5.74, 6) is 0.0163. The van der Waals surface area contributed by atoms with E-state index in [1.807, 2.05) is 31.3 Å². The van der Waals surface area contributed by atoms with E-state index >= 15 is 0 Å². The van der Waals surface area contributed by atoms with Gasteiger partial charge in [0.1, 0.15) is 6.04 Å². The van der Waals surface area contributed by atoms with Crippen LogP contribution in [0.3, 0.4) is 0 Å². The molecule has 2 N–H and O–H groups in total. The predicted molar refractivity (Wildman–Crippen MR) is 81.9 cm³/mol. The number of nitrogens with one attached hydrogen (secondary N) is 2. The van der Waals surface area contributed by atoms with E-state index in [4.69, 9.17) is 0 Å². The molecular formula is C15H21N5O. The van der Waals surface area contributed by atoms with Gasteiger partial charge in [-0.05, 0) is 31.0 Å². The zero-order valence-electron chi connectivity index (χ0n) is 12.2. The van der Waals surface area contributed by atoms with Crippen molar-refractivity contribution >= 4 is 11.6 Å². The number of rotatable bonds is 8. The quantitative estimate of drug-likeness (QED) is 0.727. The molecule has 0 aromatic carbocycles. The summed E-state index contributed by atoms with van der Waals surface area (Å²) in [6.07, 6.45) is 8.61. The average molecular weight is 287 g/mol. The number of nitrogens with zero attached hydrogens (tertiary/aromatic N) is 3. The first-order valence-electron chi connectivity index (χ1n) is 7.22. The second-order valence-corrected chi connectivity index (χ2v) is 4.72. The molecule has 6 nitrogen and oxygen atoms in total. The van der Waals surface area contributed by atoms with Gasteiger partial charge in [0.05, 0.1) is 5.69 Å². The van der Waals surface area contributed by atoms with Crippen LogP contribution in [0.1, 0.15) is 25.8 Å². The normalized spacial score (nSPS) is 11.9. The van der Waals surface area contributed by atoms with Gasteiger partial charge in [-0.15, -0.1) is 0 Å². The molecule has 0 aliphatic rings. The summed E-state index contributed by atoms with van der Waals surface area (Å²) >= 11 is 0. The average Bonchev–Trinajstić information content (AvgIpc) is 3.03. The highest BCUT2D eigenvalue weighted by Gasteiger charge is 2.17. The minimum Gasteiger partial charge on any atom is -0.384 e. The van der Waals surface area contributed by atoms with E-state index in [1.165, 1.54) is 0 Å². The summed E-state index contributed by atoms with van der Waals surface area (Å²) in [6.45, 7) is 3.42. The second-order valence-electron chi connectivity index (χ2n) is 4.72. The largest absolute Gasteiger partial charge is 0.384 e. The summed E-state index contributed by atoms with van der Waals surface area (Å²) in [5, 5.41) is 10.3. The van der Waals surface area contributed by atoms with E-state index in [-0.39, 0.29) is 11.9 Å². The molecule has 2 aromatic heterocycles. The first kappa shape index (κ1) is 15.0. The highest BCUT2D eigenvalue weighted by atomic mass is 16.2. The molecule has 0 aliphatic heterocycles. The second kappa shape index (κ2) is 8.04. The van der Waals surface area contributed by atoms with Gasteiger partial charge in [-0.1, -0.05) is 6.92 Å². The Bertz CT molecular complexity index is 526. The maximum absolute atomic E-state index is 12.1. The molecule has 0 saturated carbocycles. The molecule has 0 aliphatic carbocycles. The van der Waals surface area contributed by atoms with Crippen molar-refractivity contribution in [3.63, 3.8) is 0 Å². The number of aromatic nitrogens is 3. The van der Waals surface area contributed by atoms with E-state index in [2.05, 4.69) is 20.7 Å². The van der Waals surface area contributed by atoms with Crippen LogP contribution in [0.5, 0.6) is 0 Å². The fourth-order valence-electron chi connectivity index (χ4n) is 2.08. The monoisotopic (exact) mass is 287 g/mol. The van der Waals surface area contributed by atoms with Gasteiger partial charge in [0, 0.05) is 37.9 Å². The van der Waals surface area contributed by atoms with E-state index < -0.39 is 0 Å². The van der Waals surface area contributed by atoms with Crippen molar-refractivity contribution in [3.05, 3.63) is 43.0 Å². The summed E-state index contributed by atoms with van der Waals surface area (Å²) in [4.78, 5) is 16.1. The number of carbonyl (C=O) groups is 1. The zero-order chi connectivity index (χ0) is 14.9. The molecule has 112 valence electrons. The third kappa shape index (κ3) is 4.59. The maximum Gasteiger partial charge on any atom is 0.244 e. The number of carbonyl (C=O) groups excluding carboxylic acids is 1. The molecule has 0 fully saturated rings. The number of hydrogen-bond acceptors (Lipinski definition) is 4. The lowest BCUT2D eigenvalue weighted by Gasteiger charge is -2.15. The predicted octanol–water partition coefficient (Wildman–Crippen LogP) is 1.85. The van der Waals surface area contributed by atoms with Crippen LogP contribution < -0.4 is 10.6 Å². The minimum absolute atomic E-state index is 0.0163. The van der Waals surface area contributed by atoms with Crippen molar-refractivity contribution in [2.24, 2.45) is 0 Å². The molecule has 2 heterocycles. The lowest BCUT2D eigenvalue weighted by molar-refractivity contribution is -0.124. The van der Waals surface area contributed by atoms with Crippen LogP contribution in [0.2, 0.25) is 0 Å². The lowest BCUT2D eigenvalue weighted by Crippen LogP contribution is -2.33. The number of pyridine rings is 1. The molecule has 6 heteroatoms. The summed E-state index contributed by atoms with van der Waals surface area (Å²) in [5.41, 5.74) is 0.992. The van der Waals surface area contributed by atoms with Gasteiger partial charge in [-0.25, -0.2) is 0 Å². The zero-order valence-corrected chi connectivity index (χ0v) is 12.2. The van der Waals surface area contributed by atoms with Crippen LogP contribution in [0, 0.1) is 0 Å². The Balaban J connectivity index is 1.67. The third-order valence-electron chi connectivity index (χ3n) is 3.18. The molecule has 1 atom stereocenters.